The Balaban J connectivity index is 2.72. The van der Waals surface area contributed by atoms with Crippen molar-refractivity contribution >= 4 is 18.2 Å². The van der Waals surface area contributed by atoms with Gasteiger partial charge >= 0.3 is 6.09 Å². The van der Waals surface area contributed by atoms with Crippen LogP contribution in [0.3, 0.4) is 0 Å². The van der Waals surface area contributed by atoms with Crippen LogP contribution in [0.15, 0.2) is 18.2 Å². The van der Waals surface area contributed by atoms with E-state index in [1.165, 1.54) is 0 Å². The number of anilines is 1. The second kappa shape index (κ2) is 5.59. The summed E-state index contributed by atoms with van der Waals surface area (Å²) < 4.78 is 4.72. The Morgan fingerprint density at radius 2 is 2.25 bits per heavy atom. The maximum absolute atomic E-state index is 10.6. The molecule has 0 aliphatic heterocycles. The fourth-order valence-electron chi connectivity index (χ4n) is 1.21. The summed E-state index contributed by atoms with van der Waals surface area (Å²) in [6.45, 7) is 0.503. The van der Waals surface area contributed by atoms with Gasteiger partial charge in [-0.05, 0) is 24.1 Å². The molecule has 86 valence electrons. The molecule has 0 heterocycles. The molecule has 1 rings (SSSR count). The number of ether oxygens (including phenoxy) is 1. The van der Waals surface area contributed by atoms with Crippen LogP contribution in [0.25, 0.3) is 0 Å². The molecule has 0 aliphatic rings. The van der Waals surface area contributed by atoms with Gasteiger partial charge < -0.3 is 21.5 Å². The van der Waals surface area contributed by atoms with E-state index in [1.807, 2.05) is 0 Å². The molecule has 0 aliphatic carbocycles. The summed E-state index contributed by atoms with van der Waals surface area (Å²) in [7, 11) is 0. The molecule has 2 amide bonds. The van der Waals surface area contributed by atoms with Crippen molar-refractivity contribution in [2.24, 2.45) is 5.73 Å². The normalized spacial score (nSPS) is 9.50. The molecule has 0 unspecified atom stereocenters. The number of carbonyl (C=O) groups is 2. The van der Waals surface area contributed by atoms with Gasteiger partial charge in [0.05, 0.1) is 5.69 Å². The predicted octanol–water partition coefficient (Wildman–Crippen LogP) is 0.0148. The monoisotopic (exact) mass is 223 g/mol. The van der Waals surface area contributed by atoms with E-state index < -0.39 is 6.09 Å². The fourth-order valence-corrected chi connectivity index (χ4v) is 1.21. The van der Waals surface area contributed by atoms with E-state index in [2.05, 4.69) is 5.32 Å². The number of hydrogen-bond donors (Lipinski definition) is 3. The molecule has 0 spiro atoms. The van der Waals surface area contributed by atoms with Crippen LogP contribution in [0, 0.1) is 0 Å². The van der Waals surface area contributed by atoms with Gasteiger partial charge in [0.1, 0.15) is 0 Å². The summed E-state index contributed by atoms with van der Waals surface area (Å²) in [5.41, 5.74) is 11.7. The van der Waals surface area contributed by atoms with Crippen molar-refractivity contribution in [1.82, 2.24) is 5.32 Å². The van der Waals surface area contributed by atoms with Crippen molar-refractivity contribution in [3.8, 4) is 5.75 Å². The van der Waals surface area contributed by atoms with Crippen LogP contribution in [0.5, 0.6) is 5.75 Å². The molecular formula is C10H13N3O3. The molecular weight excluding hydrogens is 210 g/mol. The average Bonchev–Trinajstić information content (AvgIpc) is 2.22. The summed E-state index contributed by atoms with van der Waals surface area (Å²) in [6, 6.07) is 5.02. The van der Waals surface area contributed by atoms with Crippen molar-refractivity contribution in [1.29, 1.82) is 0 Å². The number of primary amides is 1. The van der Waals surface area contributed by atoms with Gasteiger partial charge in [-0.25, -0.2) is 4.79 Å². The Morgan fingerprint density at radius 1 is 1.50 bits per heavy atom. The van der Waals surface area contributed by atoms with Gasteiger partial charge in [0.15, 0.2) is 5.75 Å². The number of nitrogens with one attached hydrogen (secondary N) is 1. The molecule has 0 radical (unpaired) electrons. The lowest BCUT2D eigenvalue weighted by Crippen LogP contribution is -2.17. The van der Waals surface area contributed by atoms with Crippen LogP contribution < -0.4 is 21.5 Å². The largest absolute Gasteiger partial charge is 0.410 e. The average molecular weight is 223 g/mol. The van der Waals surface area contributed by atoms with Gasteiger partial charge in [-0.3, -0.25) is 4.79 Å². The highest BCUT2D eigenvalue weighted by Gasteiger charge is 2.05. The highest BCUT2D eigenvalue weighted by Crippen LogP contribution is 2.22. The number of benzene rings is 1. The maximum atomic E-state index is 10.6. The Bertz CT molecular complexity index is 393. The highest BCUT2D eigenvalue weighted by atomic mass is 16.5. The van der Waals surface area contributed by atoms with Gasteiger partial charge in [0.25, 0.3) is 0 Å². The van der Waals surface area contributed by atoms with E-state index >= 15 is 0 Å². The molecule has 1 aromatic carbocycles. The number of rotatable bonds is 5. The maximum Gasteiger partial charge on any atom is 0.410 e. The first-order chi connectivity index (χ1) is 7.63. The smallest absolute Gasteiger partial charge is 0.408 e. The first-order valence-corrected chi connectivity index (χ1v) is 4.66. The molecule has 0 fully saturated rings. The minimum absolute atomic E-state index is 0.233. The van der Waals surface area contributed by atoms with E-state index in [4.69, 9.17) is 16.2 Å². The number of hydrogen-bond acceptors (Lipinski definition) is 4. The zero-order valence-corrected chi connectivity index (χ0v) is 8.60. The predicted molar refractivity (Wildman–Crippen MR) is 58.8 cm³/mol. The fraction of sp³-hybridized carbons (Fsp3) is 0.200. The van der Waals surface area contributed by atoms with Gasteiger partial charge in [-0.2, -0.15) is 0 Å². The molecule has 6 nitrogen and oxygen atoms in total. The molecule has 16 heavy (non-hydrogen) atoms. The molecule has 5 N–H and O–H groups in total. The first kappa shape index (κ1) is 11.8. The van der Waals surface area contributed by atoms with E-state index in [0.717, 1.165) is 5.56 Å². The Kier molecular flexibility index (Phi) is 4.14. The van der Waals surface area contributed by atoms with Crippen LogP contribution in [0.2, 0.25) is 0 Å². The van der Waals surface area contributed by atoms with Crippen LogP contribution in [-0.2, 0) is 11.2 Å². The lowest BCUT2D eigenvalue weighted by molar-refractivity contribution is -0.109. The summed E-state index contributed by atoms with van der Waals surface area (Å²) >= 11 is 0. The Hall–Kier alpha value is -2.24. The topological polar surface area (TPSA) is 107 Å². The minimum Gasteiger partial charge on any atom is -0.408 e. The third-order valence-corrected chi connectivity index (χ3v) is 1.93. The Labute approximate surface area is 92.6 Å². The number of carbonyl (C=O) groups excluding carboxylic acids is 2. The van der Waals surface area contributed by atoms with E-state index in [9.17, 15) is 9.59 Å². The van der Waals surface area contributed by atoms with E-state index in [1.54, 1.807) is 18.2 Å². The van der Waals surface area contributed by atoms with E-state index in [-0.39, 0.29) is 5.75 Å². The van der Waals surface area contributed by atoms with Gasteiger partial charge in [-0.1, -0.05) is 6.07 Å². The summed E-state index contributed by atoms with van der Waals surface area (Å²) in [5.74, 6) is 0.233. The van der Waals surface area contributed by atoms with Gasteiger partial charge in [0.2, 0.25) is 6.41 Å². The Morgan fingerprint density at radius 3 is 2.88 bits per heavy atom. The van der Waals surface area contributed by atoms with Crippen LogP contribution in [-0.4, -0.2) is 19.0 Å². The lowest BCUT2D eigenvalue weighted by atomic mass is 10.1. The lowest BCUT2D eigenvalue weighted by Gasteiger charge is -2.07. The summed E-state index contributed by atoms with van der Waals surface area (Å²) in [6.07, 6.45) is 0.335. The first-order valence-electron chi connectivity index (χ1n) is 4.66. The molecule has 0 bridgehead atoms. The molecule has 0 saturated heterocycles. The van der Waals surface area contributed by atoms with Crippen LogP contribution >= 0.6 is 0 Å². The van der Waals surface area contributed by atoms with Crippen molar-refractivity contribution < 1.29 is 14.3 Å². The molecule has 0 atom stereocenters. The second-order valence-electron chi connectivity index (χ2n) is 3.12. The number of amides is 2. The summed E-state index contributed by atoms with van der Waals surface area (Å²) in [4.78, 5) is 20.6. The molecule has 6 heteroatoms. The quantitative estimate of drug-likeness (QED) is 0.371. The number of nitrogen functional groups attached to an aromatic ring is 1. The minimum atomic E-state index is -0.908. The second-order valence-corrected chi connectivity index (χ2v) is 3.12. The zero-order valence-electron chi connectivity index (χ0n) is 8.60. The van der Waals surface area contributed by atoms with Gasteiger partial charge in [-0.15, -0.1) is 0 Å². The van der Waals surface area contributed by atoms with Crippen molar-refractivity contribution in [3.63, 3.8) is 0 Å². The SMILES string of the molecule is NC(=O)Oc1cc(CCNC=O)ccc1N. The third kappa shape index (κ3) is 3.49. The standard InChI is InChI=1S/C10H13N3O3/c11-8-2-1-7(3-4-13-6-14)5-9(8)16-10(12)15/h1-2,5-6H,3-4,11H2,(H2,12,15)(H,13,14). The molecule has 0 saturated carbocycles. The number of nitrogens with two attached hydrogens (primary N) is 2. The van der Waals surface area contributed by atoms with Crippen LogP contribution in [0.4, 0.5) is 10.5 Å². The van der Waals surface area contributed by atoms with Crippen LogP contribution in [0.1, 0.15) is 5.56 Å². The molecule has 0 aromatic heterocycles. The van der Waals surface area contributed by atoms with E-state index in [0.29, 0.717) is 25.1 Å². The zero-order chi connectivity index (χ0) is 12.0. The van der Waals surface area contributed by atoms with Crippen molar-refractivity contribution in [2.75, 3.05) is 12.3 Å². The van der Waals surface area contributed by atoms with Crippen molar-refractivity contribution in [3.05, 3.63) is 23.8 Å². The highest BCUT2D eigenvalue weighted by molar-refractivity contribution is 5.71. The third-order valence-electron chi connectivity index (χ3n) is 1.93. The molecule has 1 aromatic rings. The van der Waals surface area contributed by atoms with Gasteiger partial charge in [0, 0.05) is 6.54 Å². The van der Waals surface area contributed by atoms with Crippen molar-refractivity contribution in [2.45, 2.75) is 6.42 Å². The summed E-state index contributed by atoms with van der Waals surface area (Å²) in [5, 5.41) is 2.53.